The van der Waals surface area contributed by atoms with Gasteiger partial charge in [-0.05, 0) is 106 Å². The summed E-state index contributed by atoms with van der Waals surface area (Å²) < 4.78 is 16.2. The molecular weight excluding hydrogens is 688 g/mol. The Labute approximate surface area is 317 Å². The Morgan fingerprint density at radius 1 is 0.852 bits per heavy atom. The first-order valence-electron chi connectivity index (χ1n) is 18.6. The highest BCUT2D eigenvalue weighted by Gasteiger charge is 2.41. The molecule has 54 heavy (non-hydrogen) atoms. The first kappa shape index (κ1) is 39.8. The highest BCUT2D eigenvalue weighted by atomic mass is 16.6. The van der Waals surface area contributed by atoms with E-state index >= 15 is 0 Å². The minimum absolute atomic E-state index is 0.0174. The zero-order chi connectivity index (χ0) is 39.0. The van der Waals surface area contributed by atoms with Gasteiger partial charge in [-0.25, -0.2) is 14.6 Å². The van der Waals surface area contributed by atoms with Gasteiger partial charge in [0.15, 0.2) is 0 Å². The van der Waals surface area contributed by atoms with Crippen LogP contribution in [0.4, 0.5) is 4.79 Å². The highest BCUT2D eigenvalue weighted by molar-refractivity contribution is 5.91. The van der Waals surface area contributed by atoms with Crippen LogP contribution in [0, 0.1) is 11.8 Å². The monoisotopic (exact) mass is 740 g/mol. The second-order valence-electron chi connectivity index (χ2n) is 15.1. The average molecular weight is 741 g/mol. The van der Waals surface area contributed by atoms with Crippen molar-refractivity contribution in [3.63, 3.8) is 0 Å². The number of carbonyl (C=O) groups excluding carboxylic acids is 5. The van der Waals surface area contributed by atoms with Crippen LogP contribution in [-0.4, -0.2) is 65.5 Å². The molecule has 3 aromatic rings. The predicted molar refractivity (Wildman–Crippen MR) is 202 cm³/mol. The minimum Gasteiger partial charge on any atom is -0.489 e. The highest BCUT2D eigenvalue weighted by Crippen LogP contribution is 2.36. The Morgan fingerprint density at radius 2 is 1.52 bits per heavy atom. The lowest BCUT2D eigenvalue weighted by molar-refractivity contribution is -0.149. The fourth-order valence-corrected chi connectivity index (χ4v) is 6.91. The standard InChI is InChI=1S/C42H52N4O8/c1-27(45(5)41(51)54-42(2,3)4)37(47)44-46(25-28-19-23-32(24-20-28)53-26-29-17-21-31(22-18-29)40(50)52-6)39(49)35-15-10-14-34(35)38(48)43-36-16-9-12-30-11-7-8-13-33(30)36/h7-8,11,13,17-24,27,34-36H,9-10,12,14-16,25-26H2,1-6H3,(H,43,48)(H,44,47)/t27?,34-,35-,36-/m1/s1. The van der Waals surface area contributed by atoms with E-state index in [1.54, 1.807) is 76.2 Å². The van der Waals surface area contributed by atoms with Crippen LogP contribution in [-0.2, 0) is 43.4 Å². The molecule has 12 heteroatoms. The van der Waals surface area contributed by atoms with Crippen molar-refractivity contribution in [1.29, 1.82) is 0 Å². The molecule has 5 rings (SSSR count). The van der Waals surface area contributed by atoms with Gasteiger partial charge in [0, 0.05) is 13.0 Å². The van der Waals surface area contributed by atoms with Crippen LogP contribution in [0.3, 0.4) is 0 Å². The summed E-state index contributed by atoms with van der Waals surface area (Å²) in [6.07, 6.45) is 3.88. The van der Waals surface area contributed by atoms with Crippen LogP contribution in [0.2, 0.25) is 0 Å². The molecule has 4 atom stereocenters. The van der Waals surface area contributed by atoms with Gasteiger partial charge in [-0.1, -0.05) is 55.0 Å². The number of hydrogen-bond donors (Lipinski definition) is 2. The maximum Gasteiger partial charge on any atom is 0.410 e. The normalized spacial score (nSPS) is 18.4. The molecule has 288 valence electrons. The van der Waals surface area contributed by atoms with Gasteiger partial charge in [-0.3, -0.25) is 24.7 Å². The summed E-state index contributed by atoms with van der Waals surface area (Å²) in [6, 6.07) is 21.2. The van der Waals surface area contributed by atoms with Crippen molar-refractivity contribution in [3.05, 3.63) is 101 Å². The van der Waals surface area contributed by atoms with Gasteiger partial charge in [-0.2, -0.15) is 0 Å². The summed E-state index contributed by atoms with van der Waals surface area (Å²) in [5.41, 5.74) is 6.39. The molecule has 0 radical (unpaired) electrons. The van der Waals surface area contributed by atoms with E-state index in [0.717, 1.165) is 30.4 Å². The topological polar surface area (TPSA) is 144 Å². The molecule has 12 nitrogen and oxygen atoms in total. The van der Waals surface area contributed by atoms with Gasteiger partial charge >= 0.3 is 12.1 Å². The van der Waals surface area contributed by atoms with Crippen molar-refractivity contribution in [3.8, 4) is 5.75 Å². The number of benzene rings is 3. The predicted octanol–water partition coefficient (Wildman–Crippen LogP) is 6.28. The quantitative estimate of drug-likeness (QED) is 0.173. The lowest BCUT2D eigenvalue weighted by atomic mass is 9.86. The first-order valence-corrected chi connectivity index (χ1v) is 18.6. The Kier molecular flexibility index (Phi) is 13.0. The molecule has 0 spiro atoms. The molecular formula is C42H52N4O8. The second-order valence-corrected chi connectivity index (χ2v) is 15.1. The van der Waals surface area contributed by atoms with Gasteiger partial charge < -0.3 is 19.5 Å². The van der Waals surface area contributed by atoms with E-state index in [2.05, 4.69) is 22.9 Å². The lowest BCUT2D eigenvalue weighted by Crippen LogP contribution is -2.55. The number of nitrogens with zero attached hydrogens (tertiary/aromatic N) is 2. The number of likely N-dealkylation sites (N-methyl/N-ethyl adjacent to an activating group) is 1. The molecule has 0 heterocycles. The van der Waals surface area contributed by atoms with Crippen LogP contribution in [0.25, 0.3) is 0 Å². The number of amides is 4. The van der Waals surface area contributed by atoms with E-state index in [1.807, 2.05) is 12.1 Å². The van der Waals surface area contributed by atoms with Crippen molar-refractivity contribution in [2.75, 3.05) is 14.2 Å². The maximum absolute atomic E-state index is 14.4. The van der Waals surface area contributed by atoms with Crippen molar-refractivity contribution < 1.29 is 38.2 Å². The fourth-order valence-electron chi connectivity index (χ4n) is 6.91. The Morgan fingerprint density at radius 3 is 2.20 bits per heavy atom. The first-order chi connectivity index (χ1) is 25.7. The average Bonchev–Trinajstić information content (AvgIpc) is 3.66. The number of hydrazine groups is 1. The number of hydrogen-bond acceptors (Lipinski definition) is 8. The smallest absolute Gasteiger partial charge is 0.410 e. The van der Waals surface area contributed by atoms with Crippen LogP contribution in [0.1, 0.15) is 98.5 Å². The minimum atomic E-state index is -0.971. The second kappa shape index (κ2) is 17.6. The Bertz CT molecular complexity index is 1800. The third kappa shape index (κ3) is 10.2. The molecule has 0 aromatic heterocycles. The van der Waals surface area contributed by atoms with Crippen molar-refractivity contribution in [2.24, 2.45) is 11.8 Å². The zero-order valence-electron chi connectivity index (χ0n) is 32.1. The molecule has 3 aromatic carbocycles. The molecule has 2 aliphatic carbocycles. The molecule has 1 fully saturated rings. The molecule has 4 amide bonds. The van der Waals surface area contributed by atoms with Crippen molar-refractivity contribution in [1.82, 2.24) is 20.7 Å². The molecule has 0 bridgehead atoms. The summed E-state index contributed by atoms with van der Waals surface area (Å²) in [6.45, 7) is 7.07. The summed E-state index contributed by atoms with van der Waals surface area (Å²) >= 11 is 0. The van der Waals surface area contributed by atoms with Gasteiger partial charge in [-0.15, -0.1) is 0 Å². The fraction of sp³-hybridized carbons (Fsp3) is 0.452. The molecule has 1 saturated carbocycles. The van der Waals surface area contributed by atoms with Crippen molar-refractivity contribution in [2.45, 2.75) is 97.1 Å². The Balaban J connectivity index is 1.30. The van der Waals surface area contributed by atoms with Crippen LogP contribution in [0.5, 0.6) is 5.75 Å². The number of ether oxygens (including phenoxy) is 3. The third-order valence-electron chi connectivity index (χ3n) is 10.1. The SMILES string of the molecule is COC(=O)c1ccc(COc2ccc(CN(NC(=O)C(C)N(C)C(=O)OC(C)(C)C)C(=O)[C@@H]3CCC[C@H]3C(=O)N[C@@H]3CCCc4ccccc43)cc2)cc1. The van der Waals surface area contributed by atoms with E-state index in [9.17, 15) is 24.0 Å². The number of carbonyl (C=O) groups is 5. The van der Waals surface area contributed by atoms with Crippen molar-refractivity contribution >= 4 is 29.8 Å². The van der Waals surface area contributed by atoms with E-state index < -0.39 is 41.4 Å². The molecule has 2 aliphatic rings. The molecule has 2 N–H and O–H groups in total. The van der Waals surface area contributed by atoms with E-state index in [1.165, 1.54) is 29.6 Å². The van der Waals surface area contributed by atoms with Gasteiger partial charge in [0.1, 0.15) is 24.0 Å². The number of nitrogens with one attached hydrogen (secondary N) is 2. The van der Waals surface area contributed by atoms with Gasteiger partial charge in [0.05, 0.1) is 31.2 Å². The lowest BCUT2D eigenvalue weighted by Gasteiger charge is -2.32. The van der Waals surface area contributed by atoms with Crippen LogP contribution < -0.4 is 15.5 Å². The summed E-state index contributed by atoms with van der Waals surface area (Å²) in [5, 5.41) is 4.52. The number of esters is 1. The van der Waals surface area contributed by atoms with Crippen LogP contribution in [0.15, 0.2) is 72.8 Å². The van der Waals surface area contributed by atoms with E-state index in [0.29, 0.717) is 36.1 Å². The number of methoxy groups -OCH3 is 1. The van der Waals surface area contributed by atoms with Gasteiger partial charge in [0.25, 0.3) is 5.91 Å². The maximum atomic E-state index is 14.4. The summed E-state index contributed by atoms with van der Waals surface area (Å²) in [5.74, 6) is -2.12. The molecule has 0 saturated heterocycles. The summed E-state index contributed by atoms with van der Waals surface area (Å²) in [4.78, 5) is 67.6. The van der Waals surface area contributed by atoms with E-state index in [4.69, 9.17) is 14.2 Å². The Hall–Kier alpha value is -5.39. The number of aryl methyl sites for hydroxylation is 1. The number of rotatable bonds is 11. The molecule has 0 aliphatic heterocycles. The van der Waals surface area contributed by atoms with Crippen LogP contribution >= 0.6 is 0 Å². The summed E-state index contributed by atoms with van der Waals surface area (Å²) in [7, 11) is 2.80. The van der Waals surface area contributed by atoms with Gasteiger partial charge in [0.2, 0.25) is 11.8 Å². The number of fused-ring (bicyclic) bond motifs is 1. The molecule has 1 unspecified atom stereocenters. The third-order valence-corrected chi connectivity index (χ3v) is 10.1. The largest absolute Gasteiger partial charge is 0.489 e. The zero-order valence-corrected chi connectivity index (χ0v) is 32.1. The van der Waals surface area contributed by atoms with E-state index in [-0.39, 0.29) is 31.0 Å².